The maximum absolute atomic E-state index is 14.2. The van der Waals surface area contributed by atoms with E-state index in [1.165, 1.54) is 29.0 Å². The van der Waals surface area contributed by atoms with E-state index in [1.807, 2.05) is 30.3 Å². The first-order valence-electron chi connectivity index (χ1n) is 8.35. The number of aromatic nitrogens is 1. The van der Waals surface area contributed by atoms with Crippen molar-refractivity contribution in [2.45, 2.75) is 13.4 Å². The molecular weight excluding hydrogens is 346 g/mol. The van der Waals surface area contributed by atoms with E-state index in [2.05, 4.69) is 5.32 Å². The zero-order valence-electron chi connectivity index (χ0n) is 14.6. The van der Waals surface area contributed by atoms with Crippen LogP contribution in [0, 0.1) is 5.82 Å². The van der Waals surface area contributed by atoms with Gasteiger partial charge in [-0.25, -0.2) is 9.18 Å². The monoisotopic (exact) mass is 363 g/mol. The summed E-state index contributed by atoms with van der Waals surface area (Å²) in [5, 5.41) is 12.2. The van der Waals surface area contributed by atoms with Gasteiger partial charge in [0.05, 0.1) is 23.5 Å². The fourth-order valence-corrected chi connectivity index (χ4v) is 2.71. The van der Waals surface area contributed by atoms with Crippen molar-refractivity contribution < 1.29 is 14.3 Å². The SMILES string of the molecule is C[B]c1ccc(Nc2cc(=O)n(Cc3ccccc3)cc2C(=O)O)c(F)c1. The van der Waals surface area contributed by atoms with Gasteiger partial charge in [-0.2, -0.15) is 0 Å². The fourth-order valence-electron chi connectivity index (χ4n) is 2.71. The summed E-state index contributed by atoms with van der Waals surface area (Å²) in [6, 6.07) is 14.9. The lowest BCUT2D eigenvalue weighted by Gasteiger charge is -2.14. The van der Waals surface area contributed by atoms with E-state index in [-0.39, 0.29) is 29.0 Å². The highest BCUT2D eigenvalue weighted by Gasteiger charge is 2.15. The number of halogens is 1. The second kappa shape index (κ2) is 7.91. The molecule has 0 unspecified atom stereocenters. The Kier molecular flexibility index (Phi) is 5.40. The summed E-state index contributed by atoms with van der Waals surface area (Å²) in [5.74, 6) is -1.74. The minimum absolute atomic E-state index is 0.0453. The summed E-state index contributed by atoms with van der Waals surface area (Å²) in [6.07, 6.45) is 1.27. The molecule has 0 amide bonds. The van der Waals surface area contributed by atoms with Crippen molar-refractivity contribution in [1.29, 1.82) is 0 Å². The predicted octanol–water partition coefficient (Wildman–Crippen LogP) is 2.86. The molecule has 0 aliphatic rings. The van der Waals surface area contributed by atoms with Gasteiger partial charge in [-0.05, 0) is 17.7 Å². The molecule has 0 aliphatic carbocycles. The van der Waals surface area contributed by atoms with Crippen molar-refractivity contribution in [3.63, 3.8) is 0 Å². The van der Waals surface area contributed by atoms with Crippen molar-refractivity contribution in [2.24, 2.45) is 0 Å². The van der Waals surface area contributed by atoms with Gasteiger partial charge in [0.15, 0.2) is 0 Å². The summed E-state index contributed by atoms with van der Waals surface area (Å²) in [6.45, 7) is 2.03. The molecular formula is C20H17BFN2O3. The second-order valence-corrected chi connectivity index (χ2v) is 6.01. The summed E-state index contributed by atoms with van der Waals surface area (Å²) >= 11 is 0. The standard InChI is InChI=1S/C20H17BFN2O3/c1-21-14-7-8-17(16(22)9-14)23-18-10-19(25)24(12-15(18)20(26)27)11-13-5-3-2-4-6-13/h2-10,12,23H,11H2,1H3,(H,26,27). The zero-order chi connectivity index (χ0) is 19.4. The van der Waals surface area contributed by atoms with Gasteiger partial charge in [0.2, 0.25) is 0 Å². The van der Waals surface area contributed by atoms with Gasteiger partial charge >= 0.3 is 5.97 Å². The number of anilines is 2. The molecule has 1 heterocycles. The molecule has 0 fully saturated rings. The van der Waals surface area contributed by atoms with Gasteiger partial charge in [0, 0.05) is 12.3 Å². The number of hydrogen-bond donors (Lipinski definition) is 2. The van der Waals surface area contributed by atoms with Gasteiger partial charge < -0.3 is 15.0 Å². The van der Waals surface area contributed by atoms with Crippen molar-refractivity contribution in [2.75, 3.05) is 5.32 Å². The van der Waals surface area contributed by atoms with Crippen LogP contribution in [0.3, 0.4) is 0 Å². The third kappa shape index (κ3) is 4.26. The molecule has 0 saturated heterocycles. The number of benzene rings is 2. The lowest BCUT2D eigenvalue weighted by Crippen LogP contribution is -2.22. The number of rotatable bonds is 6. The van der Waals surface area contributed by atoms with Gasteiger partial charge in [-0.3, -0.25) is 4.79 Å². The Labute approximate surface area is 156 Å². The molecule has 27 heavy (non-hydrogen) atoms. The topological polar surface area (TPSA) is 71.3 Å². The second-order valence-electron chi connectivity index (χ2n) is 6.01. The number of carboxylic acid groups (broad SMARTS) is 1. The van der Waals surface area contributed by atoms with E-state index in [0.29, 0.717) is 5.46 Å². The molecule has 2 N–H and O–H groups in total. The first-order valence-corrected chi connectivity index (χ1v) is 8.35. The molecule has 135 valence electrons. The smallest absolute Gasteiger partial charge is 0.339 e. The number of nitrogens with one attached hydrogen (secondary N) is 1. The largest absolute Gasteiger partial charge is 0.478 e. The maximum Gasteiger partial charge on any atom is 0.339 e. The number of pyridine rings is 1. The zero-order valence-corrected chi connectivity index (χ0v) is 14.6. The van der Waals surface area contributed by atoms with Crippen LogP contribution in [0.5, 0.6) is 0 Å². The molecule has 1 aromatic heterocycles. The molecule has 0 saturated carbocycles. The van der Waals surface area contributed by atoms with Gasteiger partial charge in [-0.1, -0.05) is 48.7 Å². The minimum atomic E-state index is -1.21. The first-order chi connectivity index (χ1) is 13.0. The van der Waals surface area contributed by atoms with E-state index < -0.39 is 11.8 Å². The lowest BCUT2D eigenvalue weighted by molar-refractivity contribution is 0.0697. The summed E-state index contributed by atoms with van der Waals surface area (Å²) in [5.41, 5.74) is 1.22. The molecule has 1 radical (unpaired) electrons. The molecule has 5 nitrogen and oxygen atoms in total. The Morgan fingerprint density at radius 1 is 1.15 bits per heavy atom. The Morgan fingerprint density at radius 3 is 2.52 bits per heavy atom. The van der Waals surface area contributed by atoms with Crippen molar-refractivity contribution >= 4 is 30.1 Å². The highest BCUT2D eigenvalue weighted by atomic mass is 19.1. The van der Waals surface area contributed by atoms with E-state index in [9.17, 15) is 19.1 Å². The Bertz CT molecular complexity index is 1040. The molecule has 3 rings (SSSR count). The van der Waals surface area contributed by atoms with Gasteiger partial charge in [-0.15, -0.1) is 0 Å². The minimum Gasteiger partial charge on any atom is -0.478 e. The lowest BCUT2D eigenvalue weighted by atomic mass is 9.73. The number of carboxylic acids is 1. The molecule has 0 spiro atoms. The average molecular weight is 363 g/mol. The number of aromatic carboxylic acids is 1. The van der Waals surface area contributed by atoms with E-state index >= 15 is 0 Å². The van der Waals surface area contributed by atoms with E-state index in [0.717, 1.165) is 5.56 Å². The van der Waals surface area contributed by atoms with Crippen LogP contribution < -0.4 is 16.3 Å². The Morgan fingerprint density at radius 2 is 1.89 bits per heavy atom. The van der Waals surface area contributed by atoms with Gasteiger partial charge in [0.1, 0.15) is 13.1 Å². The van der Waals surface area contributed by atoms with Crippen LogP contribution in [-0.4, -0.2) is 22.9 Å². The average Bonchev–Trinajstić information content (AvgIpc) is 2.66. The van der Waals surface area contributed by atoms with Gasteiger partial charge in [0.25, 0.3) is 5.56 Å². The van der Waals surface area contributed by atoms with Crippen molar-refractivity contribution in [3.05, 3.63) is 88.1 Å². The van der Waals surface area contributed by atoms with Crippen LogP contribution in [0.4, 0.5) is 15.8 Å². The molecule has 0 atom stereocenters. The summed E-state index contributed by atoms with van der Waals surface area (Å²) < 4.78 is 15.5. The molecule has 2 aromatic carbocycles. The summed E-state index contributed by atoms with van der Waals surface area (Å²) in [7, 11) is 1.75. The normalized spacial score (nSPS) is 10.4. The van der Waals surface area contributed by atoms with Crippen LogP contribution in [0.15, 0.2) is 65.6 Å². The number of carbonyl (C=O) groups is 1. The molecule has 7 heteroatoms. The van der Waals surface area contributed by atoms with Crippen LogP contribution in [0.2, 0.25) is 6.82 Å². The van der Waals surface area contributed by atoms with Crippen LogP contribution in [0.1, 0.15) is 15.9 Å². The van der Waals surface area contributed by atoms with Crippen LogP contribution >= 0.6 is 0 Å². The third-order valence-electron chi connectivity index (χ3n) is 4.15. The maximum atomic E-state index is 14.2. The van der Waals surface area contributed by atoms with Crippen molar-refractivity contribution in [1.82, 2.24) is 4.57 Å². The number of nitrogens with zero attached hydrogens (tertiary/aromatic N) is 1. The molecule has 3 aromatic rings. The Balaban J connectivity index is 1.97. The summed E-state index contributed by atoms with van der Waals surface area (Å²) in [4.78, 5) is 24.1. The quantitative estimate of drug-likeness (QED) is 0.661. The van der Waals surface area contributed by atoms with E-state index in [4.69, 9.17) is 0 Å². The highest BCUT2D eigenvalue weighted by Crippen LogP contribution is 2.21. The van der Waals surface area contributed by atoms with Crippen molar-refractivity contribution in [3.8, 4) is 0 Å². The molecule has 0 aliphatic heterocycles. The fraction of sp³-hybridized carbons (Fsp3) is 0.100. The van der Waals surface area contributed by atoms with E-state index in [1.54, 1.807) is 20.2 Å². The predicted molar refractivity (Wildman–Crippen MR) is 104 cm³/mol. The molecule has 0 bridgehead atoms. The number of hydrogen-bond acceptors (Lipinski definition) is 3. The third-order valence-corrected chi connectivity index (χ3v) is 4.15. The van der Waals surface area contributed by atoms with Crippen LogP contribution in [-0.2, 0) is 6.54 Å². The van der Waals surface area contributed by atoms with Crippen LogP contribution in [0.25, 0.3) is 0 Å². The first kappa shape index (κ1) is 18.4. The highest BCUT2D eigenvalue weighted by molar-refractivity contribution is 6.51. The Hall–Kier alpha value is -3.35.